The van der Waals surface area contributed by atoms with Crippen molar-refractivity contribution in [2.45, 2.75) is 68.7 Å². The van der Waals surface area contributed by atoms with Crippen LogP contribution in [-0.4, -0.2) is 92.1 Å². The lowest BCUT2D eigenvalue weighted by atomic mass is 9.99. The van der Waals surface area contributed by atoms with E-state index in [0.29, 0.717) is 0 Å². The second-order valence-electron chi connectivity index (χ2n) is 5.53. The zero-order valence-corrected chi connectivity index (χ0v) is 11.7. The van der Waals surface area contributed by atoms with Gasteiger partial charge < -0.3 is 44.8 Å². The van der Waals surface area contributed by atoms with E-state index < -0.39 is 61.4 Å². The fraction of sp³-hybridized carbons (Fsp3) is 1.00. The van der Waals surface area contributed by atoms with Crippen molar-refractivity contribution in [3.63, 3.8) is 0 Å². The highest BCUT2D eigenvalue weighted by molar-refractivity contribution is 4.97. The SMILES string of the molecule is CC1O[C@H](OC2(CO)O[C@H](C)C(O)[C@@H]2O)[C@H](O)C(O)[C@@H]1O. The maximum absolute atomic E-state index is 9.97. The number of aliphatic hydroxyl groups is 6. The van der Waals surface area contributed by atoms with Crippen LogP contribution in [0.1, 0.15) is 13.8 Å². The zero-order chi connectivity index (χ0) is 15.9. The first-order valence-corrected chi connectivity index (χ1v) is 6.76. The van der Waals surface area contributed by atoms with E-state index in [1.54, 1.807) is 0 Å². The summed E-state index contributed by atoms with van der Waals surface area (Å²) in [5, 5.41) is 58.3. The highest BCUT2D eigenvalue weighted by Crippen LogP contribution is 2.35. The Morgan fingerprint density at radius 2 is 1.52 bits per heavy atom. The minimum atomic E-state index is -1.98. The molecular formula is C12H22O9. The van der Waals surface area contributed by atoms with E-state index in [4.69, 9.17) is 14.2 Å². The van der Waals surface area contributed by atoms with Gasteiger partial charge in [0.2, 0.25) is 5.79 Å². The molecular weight excluding hydrogens is 288 g/mol. The minimum Gasteiger partial charge on any atom is -0.391 e. The molecule has 0 saturated carbocycles. The highest BCUT2D eigenvalue weighted by Gasteiger charge is 2.57. The van der Waals surface area contributed by atoms with E-state index in [9.17, 15) is 30.6 Å². The van der Waals surface area contributed by atoms with Crippen molar-refractivity contribution < 1.29 is 44.8 Å². The average molecular weight is 310 g/mol. The second kappa shape index (κ2) is 6.03. The van der Waals surface area contributed by atoms with Crippen LogP contribution in [0.25, 0.3) is 0 Å². The third-order valence-electron chi connectivity index (χ3n) is 3.98. The van der Waals surface area contributed by atoms with E-state index in [1.807, 2.05) is 0 Å². The quantitative estimate of drug-likeness (QED) is 0.314. The number of ether oxygens (including phenoxy) is 3. The van der Waals surface area contributed by atoms with Crippen LogP contribution in [0, 0.1) is 0 Å². The molecule has 0 radical (unpaired) electrons. The fourth-order valence-electron chi connectivity index (χ4n) is 2.54. The summed E-state index contributed by atoms with van der Waals surface area (Å²) in [5.74, 6) is -1.98. The van der Waals surface area contributed by atoms with Crippen molar-refractivity contribution in [3.05, 3.63) is 0 Å². The largest absolute Gasteiger partial charge is 0.391 e. The van der Waals surface area contributed by atoms with Gasteiger partial charge in [0.15, 0.2) is 6.29 Å². The molecule has 9 nitrogen and oxygen atoms in total. The van der Waals surface area contributed by atoms with Gasteiger partial charge in [-0.1, -0.05) is 0 Å². The normalized spacial score (nSPS) is 54.9. The number of aliphatic hydroxyl groups excluding tert-OH is 6. The first kappa shape index (κ1) is 17.0. The number of hydrogen-bond donors (Lipinski definition) is 6. The lowest BCUT2D eigenvalue weighted by Gasteiger charge is -2.42. The second-order valence-corrected chi connectivity index (χ2v) is 5.53. The van der Waals surface area contributed by atoms with E-state index in [1.165, 1.54) is 13.8 Å². The van der Waals surface area contributed by atoms with Gasteiger partial charge in [-0.05, 0) is 13.8 Å². The van der Waals surface area contributed by atoms with Gasteiger partial charge in [0, 0.05) is 0 Å². The maximum Gasteiger partial charge on any atom is 0.223 e. The van der Waals surface area contributed by atoms with E-state index in [-0.39, 0.29) is 0 Å². The molecule has 0 aromatic rings. The predicted octanol–water partition coefficient (Wildman–Crippen LogP) is -3.34. The minimum absolute atomic E-state index is 0.796. The van der Waals surface area contributed by atoms with Crippen LogP contribution in [0.3, 0.4) is 0 Å². The van der Waals surface area contributed by atoms with Gasteiger partial charge in [0.1, 0.15) is 37.1 Å². The van der Waals surface area contributed by atoms with Gasteiger partial charge in [-0.3, -0.25) is 0 Å². The molecule has 0 aromatic carbocycles. The van der Waals surface area contributed by atoms with Gasteiger partial charge in [-0.2, -0.15) is 0 Å². The highest BCUT2D eigenvalue weighted by atomic mass is 16.8. The summed E-state index contributed by atoms with van der Waals surface area (Å²) >= 11 is 0. The molecule has 9 heteroatoms. The smallest absolute Gasteiger partial charge is 0.223 e. The van der Waals surface area contributed by atoms with Crippen LogP contribution in [-0.2, 0) is 14.2 Å². The topological polar surface area (TPSA) is 149 Å². The molecule has 2 rings (SSSR count). The third-order valence-corrected chi connectivity index (χ3v) is 3.98. The van der Waals surface area contributed by atoms with Crippen molar-refractivity contribution in [3.8, 4) is 0 Å². The van der Waals surface area contributed by atoms with Gasteiger partial charge in [0.25, 0.3) is 0 Å². The molecule has 2 fully saturated rings. The summed E-state index contributed by atoms with van der Waals surface area (Å²) in [6, 6.07) is 0. The Labute approximate surface area is 121 Å². The van der Waals surface area contributed by atoms with Crippen LogP contribution >= 0.6 is 0 Å². The van der Waals surface area contributed by atoms with Crippen LogP contribution in [0.2, 0.25) is 0 Å². The fourth-order valence-corrected chi connectivity index (χ4v) is 2.54. The Morgan fingerprint density at radius 3 is 2.00 bits per heavy atom. The molecule has 0 spiro atoms. The number of rotatable bonds is 3. The summed E-state index contributed by atoms with van der Waals surface area (Å²) in [6.07, 6.45) is -10.4. The summed E-state index contributed by atoms with van der Waals surface area (Å²) in [4.78, 5) is 0. The molecule has 0 bridgehead atoms. The lowest BCUT2D eigenvalue weighted by molar-refractivity contribution is -0.379. The maximum atomic E-state index is 9.97. The summed E-state index contributed by atoms with van der Waals surface area (Å²) in [5.41, 5.74) is 0. The Balaban J connectivity index is 2.15. The predicted molar refractivity (Wildman–Crippen MR) is 65.8 cm³/mol. The molecule has 9 atom stereocenters. The van der Waals surface area contributed by atoms with Crippen molar-refractivity contribution >= 4 is 0 Å². The van der Waals surface area contributed by atoms with Crippen LogP contribution < -0.4 is 0 Å². The van der Waals surface area contributed by atoms with Gasteiger partial charge in [-0.25, -0.2) is 0 Å². The van der Waals surface area contributed by atoms with Crippen LogP contribution in [0.5, 0.6) is 0 Å². The van der Waals surface area contributed by atoms with Crippen LogP contribution in [0.15, 0.2) is 0 Å². The monoisotopic (exact) mass is 310 g/mol. The van der Waals surface area contributed by atoms with Gasteiger partial charge in [-0.15, -0.1) is 0 Å². The Bertz CT molecular complexity index is 367. The molecule has 2 heterocycles. The Kier molecular flexibility index (Phi) is 4.88. The number of hydrogen-bond acceptors (Lipinski definition) is 9. The molecule has 2 aliphatic heterocycles. The molecule has 6 N–H and O–H groups in total. The van der Waals surface area contributed by atoms with E-state index >= 15 is 0 Å². The molecule has 2 saturated heterocycles. The lowest BCUT2D eigenvalue weighted by Crippen LogP contribution is -2.61. The molecule has 0 aliphatic carbocycles. The Hall–Kier alpha value is -0.360. The zero-order valence-electron chi connectivity index (χ0n) is 11.7. The summed E-state index contributed by atoms with van der Waals surface area (Å²) in [6.45, 7) is 2.15. The van der Waals surface area contributed by atoms with Crippen molar-refractivity contribution in [2.24, 2.45) is 0 Å². The van der Waals surface area contributed by atoms with Crippen molar-refractivity contribution in [2.75, 3.05) is 6.61 Å². The average Bonchev–Trinajstić information content (AvgIpc) is 2.67. The first-order valence-electron chi connectivity index (χ1n) is 6.76. The molecule has 0 aromatic heterocycles. The Morgan fingerprint density at radius 1 is 0.905 bits per heavy atom. The van der Waals surface area contributed by atoms with E-state index in [0.717, 1.165) is 0 Å². The van der Waals surface area contributed by atoms with Crippen molar-refractivity contribution in [1.29, 1.82) is 0 Å². The van der Waals surface area contributed by atoms with Crippen molar-refractivity contribution in [1.82, 2.24) is 0 Å². The summed E-state index contributed by atoms with van der Waals surface area (Å²) < 4.78 is 15.8. The molecule has 0 amide bonds. The first-order chi connectivity index (χ1) is 9.73. The van der Waals surface area contributed by atoms with E-state index in [2.05, 4.69) is 0 Å². The molecule has 124 valence electrons. The van der Waals surface area contributed by atoms with Crippen LogP contribution in [0.4, 0.5) is 0 Å². The molecule has 4 unspecified atom stereocenters. The molecule has 2 aliphatic rings. The van der Waals surface area contributed by atoms with Gasteiger partial charge in [0.05, 0.1) is 12.2 Å². The third kappa shape index (κ3) is 2.81. The van der Waals surface area contributed by atoms with Gasteiger partial charge >= 0.3 is 0 Å². The standard InChI is InChI=1S/C12H22O9/c1-4-6(14)8(16)9(17)11(19-4)21-12(3-13)10(18)7(15)5(2)20-12/h4-11,13-18H,3H2,1-2H3/t4?,5-,6-,7?,8?,9-,10+,11-,12?/m1/s1. The summed E-state index contributed by atoms with van der Waals surface area (Å²) in [7, 11) is 0. The molecule has 21 heavy (non-hydrogen) atoms.